The maximum absolute atomic E-state index is 11.9. The first kappa shape index (κ1) is 13.1. The Hall–Kier alpha value is -2.95. The number of benzene rings is 2. The third-order valence-electron chi connectivity index (χ3n) is 3.01. The summed E-state index contributed by atoms with van der Waals surface area (Å²) in [6.45, 7) is 1.47. The molecule has 0 spiro atoms. The van der Waals surface area contributed by atoms with Crippen molar-refractivity contribution in [3.05, 3.63) is 60.8 Å². The van der Waals surface area contributed by atoms with Crippen LogP contribution in [-0.4, -0.2) is 15.9 Å². The molecule has 2 aromatic carbocycles. The summed E-state index contributed by atoms with van der Waals surface area (Å²) in [7, 11) is 0. The lowest BCUT2D eigenvalue weighted by molar-refractivity contribution is -0.116. The summed E-state index contributed by atoms with van der Waals surface area (Å²) in [5.41, 5.74) is 4.61. The van der Waals surface area contributed by atoms with Crippen LogP contribution in [0.2, 0.25) is 0 Å². The Morgan fingerprint density at radius 1 is 1.05 bits per heavy atom. The smallest absolute Gasteiger partial charge is 0.252 e. The van der Waals surface area contributed by atoms with E-state index in [4.69, 9.17) is 0 Å². The molecule has 0 saturated heterocycles. The van der Waals surface area contributed by atoms with E-state index in [9.17, 15) is 4.79 Å². The lowest BCUT2D eigenvalue weighted by atomic mass is 10.2. The molecule has 1 heterocycles. The molecule has 0 bridgehead atoms. The molecular formula is C16H14N4O. The van der Waals surface area contributed by atoms with E-state index in [1.54, 1.807) is 6.20 Å². The van der Waals surface area contributed by atoms with Gasteiger partial charge in [-0.05, 0) is 18.2 Å². The molecule has 1 N–H and O–H groups in total. The van der Waals surface area contributed by atoms with Crippen LogP contribution >= 0.6 is 0 Å². The molecule has 21 heavy (non-hydrogen) atoms. The highest BCUT2D eigenvalue weighted by Crippen LogP contribution is 2.16. The fourth-order valence-electron chi connectivity index (χ4n) is 1.98. The topological polar surface area (TPSA) is 58.1 Å². The molecule has 0 saturated carbocycles. The zero-order valence-electron chi connectivity index (χ0n) is 11.5. The number of hydrazine groups is 1. The van der Waals surface area contributed by atoms with Crippen molar-refractivity contribution in [3.63, 3.8) is 0 Å². The van der Waals surface area contributed by atoms with Gasteiger partial charge in [0, 0.05) is 18.5 Å². The largest absolute Gasteiger partial charge is 0.289 e. The highest BCUT2D eigenvalue weighted by atomic mass is 16.2. The van der Waals surface area contributed by atoms with Crippen molar-refractivity contribution >= 4 is 28.4 Å². The number of nitrogens with zero attached hydrogens (tertiary/aromatic N) is 3. The van der Waals surface area contributed by atoms with E-state index in [0.29, 0.717) is 5.95 Å². The fourth-order valence-corrected chi connectivity index (χ4v) is 1.98. The number of hydrogen-bond acceptors (Lipinski definition) is 4. The van der Waals surface area contributed by atoms with Gasteiger partial charge in [-0.25, -0.2) is 9.97 Å². The Kier molecular flexibility index (Phi) is 3.47. The van der Waals surface area contributed by atoms with Crippen LogP contribution in [0.5, 0.6) is 0 Å². The Labute approximate surface area is 122 Å². The predicted molar refractivity (Wildman–Crippen MR) is 82.8 cm³/mol. The van der Waals surface area contributed by atoms with Crippen LogP contribution in [0.15, 0.2) is 60.8 Å². The Morgan fingerprint density at radius 3 is 2.52 bits per heavy atom. The summed E-state index contributed by atoms with van der Waals surface area (Å²) in [5, 5.41) is 2.27. The van der Waals surface area contributed by atoms with Gasteiger partial charge in [0.2, 0.25) is 5.91 Å². The summed E-state index contributed by atoms with van der Waals surface area (Å²) in [6.07, 6.45) is 1.71. The summed E-state index contributed by atoms with van der Waals surface area (Å²) >= 11 is 0. The number of fused-ring (bicyclic) bond motifs is 1. The van der Waals surface area contributed by atoms with Crippen molar-refractivity contribution in [1.29, 1.82) is 0 Å². The number of aromatic nitrogens is 2. The lowest BCUT2D eigenvalue weighted by Crippen LogP contribution is -2.35. The van der Waals surface area contributed by atoms with Gasteiger partial charge in [-0.15, -0.1) is 0 Å². The molecule has 0 atom stereocenters. The van der Waals surface area contributed by atoms with E-state index < -0.39 is 0 Å². The van der Waals surface area contributed by atoms with Crippen LogP contribution in [0, 0.1) is 0 Å². The zero-order valence-corrected chi connectivity index (χ0v) is 11.5. The number of nitrogens with one attached hydrogen (secondary N) is 1. The van der Waals surface area contributed by atoms with Crippen molar-refractivity contribution in [2.75, 3.05) is 10.4 Å². The maximum Gasteiger partial charge on any atom is 0.252 e. The van der Waals surface area contributed by atoms with Gasteiger partial charge in [-0.2, -0.15) is 5.01 Å². The Bertz CT molecular complexity index is 773. The molecule has 0 aliphatic heterocycles. The average Bonchev–Trinajstić information content (AvgIpc) is 2.53. The van der Waals surface area contributed by atoms with Gasteiger partial charge in [0.15, 0.2) is 0 Å². The Morgan fingerprint density at radius 2 is 1.76 bits per heavy atom. The van der Waals surface area contributed by atoms with Crippen LogP contribution in [0.25, 0.3) is 10.9 Å². The van der Waals surface area contributed by atoms with Crippen molar-refractivity contribution in [2.24, 2.45) is 0 Å². The number of amides is 1. The zero-order chi connectivity index (χ0) is 14.7. The molecule has 0 aliphatic rings. The van der Waals surface area contributed by atoms with E-state index in [2.05, 4.69) is 15.4 Å². The molecule has 5 heteroatoms. The Balaban J connectivity index is 1.97. The number of anilines is 2. The van der Waals surface area contributed by atoms with Crippen molar-refractivity contribution < 1.29 is 4.79 Å². The first-order chi connectivity index (χ1) is 10.2. The van der Waals surface area contributed by atoms with E-state index in [0.717, 1.165) is 16.6 Å². The van der Waals surface area contributed by atoms with E-state index in [-0.39, 0.29) is 5.91 Å². The molecule has 0 fully saturated rings. The first-order valence-electron chi connectivity index (χ1n) is 6.58. The third kappa shape index (κ3) is 2.81. The number of carbonyl (C=O) groups is 1. The predicted octanol–water partition coefficient (Wildman–Crippen LogP) is 3.01. The molecule has 1 aromatic heterocycles. The normalized spacial score (nSPS) is 10.3. The van der Waals surface area contributed by atoms with E-state index >= 15 is 0 Å². The van der Waals surface area contributed by atoms with Crippen molar-refractivity contribution in [3.8, 4) is 0 Å². The molecule has 3 aromatic rings. The minimum absolute atomic E-state index is 0.186. The van der Waals surface area contributed by atoms with Gasteiger partial charge in [-0.1, -0.05) is 36.4 Å². The average molecular weight is 278 g/mol. The second kappa shape index (κ2) is 5.58. The monoisotopic (exact) mass is 278 g/mol. The standard InChI is InChI=1S/C16H14N4O/c1-12(21)20(19-14-8-3-2-4-9-14)16-17-11-13-7-5-6-10-15(13)18-16/h2-11,19H,1H3. The van der Waals surface area contributed by atoms with Crippen molar-refractivity contribution in [1.82, 2.24) is 9.97 Å². The van der Waals surface area contributed by atoms with E-state index in [1.165, 1.54) is 11.9 Å². The SMILES string of the molecule is CC(=O)N(Nc1ccccc1)c1ncc2ccccc2n1. The van der Waals surface area contributed by atoms with Crippen LogP contribution in [0.4, 0.5) is 11.6 Å². The minimum atomic E-state index is -0.186. The summed E-state index contributed by atoms with van der Waals surface area (Å²) in [4.78, 5) is 20.5. The molecule has 1 amide bonds. The molecule has 0 unspecified atom stereocenters. The molecule has 104 valence electrons. The van der Waals surface area contributed by atoms with Crippen molar-refractivity contribution in [2.45, 2.75) is 6.92 Å². The summed E-state index contributed by atoms with van der Waals surface area (Å²) in [5.74, 6) is 0.138. The third-order valence-corrected chi connectivity index (χ3v) is 3.01. The maximum atomic E-state index is 11.9. The highest BCUT2D eigenvalue weighted by molar-refractivity contribution is 5.92. The summed E-state index contributed by atoms with van der Waals surface area (Å²) < 4.78 is 0. The molecule has 0 aliphatic carbocycles. The van der Waals surface area contributed by atoms with Gasteiger partial charge in [0.1, 0.15) is 0 Å². The molecular weight excluding hydrogens is 264 g/mol. The highest BCUT2D eigenvalue weighted by Gasteiger charge is 2.15. The van der Waals surface area contributed by atoms with Crippen LogP contribution in [0.3, 0.4) is 0 Å². The number of rotatable bonds is 3. The lowest BCUT2D eigenvalue weighted by Gasteiger charge is -2.20. The van der Waals surface area contributed by atoms with Gasteiger partial charge in [0.25, 0.3) is 5.95 Å². The second-order valence-electron chi connectivity index (χ2n) is 4.56. The molecule has 5 nitrogen and oxygen atoms in total. The van der Waals surface area contributed by atoms with Crippen LogP contribution < -0.4 is 10.4 Å². The first-order valence-corrected chi connectivity index (χ1v) is 6.58. The second-order valence-corrected chi connectivity index (χ2v) is 4.56. The summed E-state index contributed by atoms with van der Waals surface area (Å²) in [6, 6.07) is 17.1. The quantitative estimate of drug-likeness (QED) is 0.748. The molecule has 3 rings (SSSR count). The number of para-hydroxylation sites is 2. The van der Waals surface area contributed by atoms with Gasteiger partial charge in [-0.3, -0.25) is 10.2 Å². The molecule has 0 radical (unpaired) electrons. The van der Waals surface area contributed by atoms with Gasteiger partial charge in [0.05, 0.1) is 11.2 Å². The van der Waals surface area contributed by atoms with Gasteiger partial charge < -0.3 is 0 Å². The number of carbonyl (C=O) groups excluding carboxylic acids is 1. The fraction of sp³-hybridized carbons (Fsp3) is 0.0625. The number of hydrogen-bond donors (Lipinski definition) is 1. The minimum Gasteiger partial charge on any atom is -0.289 e. The van der Waals surface area contributed by atoms with Gasteiger partial charge >= 0.3 is 0 Å². The van der Waals surface area contributed by atoms with E-state index in [1.807, 2.05) is 54.6 Å². The van der Waals surface area contributed by atoms with Crippen LogP contribution in [0.1, 0.15) is 6.92 Å². The van der Waals surface area contributed by atoms with Crippen LogP contribution in [-0.2, 0) is 4.79 Å².